The highest BCUT2D eigenvalue weighted by atomic mass is 16.3. The lowest BCUT2D eigenvalue weighted by Crippen LogP contribution is -2.27. The molecule has 0 aliphatic rings. The van der Waals surface area contributed by atoms with Crippen LogP contribution in [0.4, 0.5) is 0 Å². The van der Waals surface area contributed by atoms with Crippen molar-refractivity contribution in [3.8, 4) is 23.3 Å². The molecular formula is C12H16N2O3. The Hall–Kier alpha value is -1.93. The van der Waals surface area contributed by atoms with Crippen LogP contribution < -0.4 is 5.32 Å². The van der Waals surface area contributed by atoms with Gasteiger partial charge in [-0.05, 0) is 12.5 Å². The Balaban J connectivity index is 2.70. The standard InChI is InChI=1S/C12H16N2O3/c1-2-9(5-6-13)14-7-8-3-4-10(15)12(17)11(8)16/h3-4,9,14-17H,2,5,7H2,1H3. The first-order valence-corrected chi connectivity index (χ1v) is 5.43. The number of nitrogens with zero attached hydrogens (tertiary/aromatic N) is 1. The number of benzene rings is 1. The molecule has 1 unspecified atom stereocenters. The van der Waals surface area contributed by atoms with Crippen molar-refractivity contribution in [2.45, 2.75) is 32.4 Å². The number of hydrogen-bond donors (Lipinski definition) is 4. The minimum atomic E-state index is -0.516. The molecule has 0 aliphatic heterocycles. The number of rotatable bonds is 5. The first-order valence-electron chi connectivity index (χ1n) is 5.43. The fraction of sp³-hybridized carbons (Fsp3) is 0.417. The van der Waals surface area contributed by atoms with Gasteiger partial charge in [0.2, 0.25) is 5.75 Å². The summed E-state index contributed by atoms with van der Waals surface area (Å²) in [5.41, 5.74) is 0.483. The number of phenols is 3. The van der Waals surface area contributed by atoms with Gasteiger partial charge in [-0.3, -0.25) is 0 Å². The third-order valence-electron chi connectivity index (χ3n) is 2.63. The van der Waals surface area contributed by atoms with Crippen molar-refractivity contribution in [3.05, 3.63) is 17.7 Å². The number of phenolic OH excluding ortho intramolecular Hbond substituents is 3. The normalized spacial score (nSPS) is 12.0. The van der Waals surface area contributed by atoms with Crippen molar-refractivity contribution in [2.75, 3.05) is 0 Å². The van der Waals surface area contributed by atoms with Crippen LogP contribution in [0.25, 0.3) is 0 Å². The molecular weight excluding hydrogens is 220 g/mol. The van der Waals surface area contributed by atoms with Gasteiger partial charge in [0.15, 0.2) is 11.5 Å². The van der Waals surface area contributed by atoms with Crippen LogP contribution in [0.1, 0.15) is 25.3 Å². The molecule has 0 amide bonds. The van der Waals surface area contributed by atoms with E-state index in [1.54, 1.807) is 0 Å². The monoisotopic (exact) mass is 236 g/mol. The van der Waals surface area contributed by atoms with Gasteiger partial charge in [0.1, 0.15) is 0 Å². The summed E-state index contributed by atoms with van der Waals surface area (Å²) in [6.07, 6.45) is 1.19. The molecule has 5 heteroatoms. The Bertz CT molecular complexity index is 426. The Labute approximate surface area is 99.9 Å². The van der Waals surface area contributed by atoms with Crippen molar-refractivity contribution >= 4 is 0 Å². The average molecular weight is 236 g/mol. The van der Waals surface area contributed by atoms with E-state index < -0.39 is 5.75 Å². The van der Waals surface area contributed by atoms with Crippen LogP contribution in [0.3, 0.4) is 0 Å². The number of aromatic hydroxyl groups is 3. The first kappa shape index (κ1) is 13.1. The van der Waals surface area contributed by atoms with Crippen LogP contribution >= 0.6 is 0 Å². The molecule has 92 valence electrons. The number of nitriles is 1. The SMILES string of the molecule is CCC(CC#N)NCc1ccc(O)c(O)c1O. The Morgan fingerprint density at radius 2 is 2.00 bits per heavy atom. The zero-order chi connectivity index (χ0) is 12.8. The lowest BCUT2D eigenvalue weighted by atomic mass is 10.1. The maximum Gasteiger partial charge on any atom is 0.200 e. The summed E-state index contributed by atoms with van der Waals surface area (Å²) in [7, 11) is 0. The fourth-order valence-corrected chi connectivity index (χ4v) is 1.48. The molecule has 1 atom stereocenters. The lowest BCUT2D eigenvalue weighted by molar-refractivity contribution is 0.363. The van der Waals surface area contributed by atoms with E-state index in [0.717, 1.165) is 6.42 Å². The van der Waals surface area contributed by atoms with Crippen molar-refractivity contribution in [1.29, 1.82) is 5.26 Å². The van der Waals surface area contributed by atoms with Gasteiger partial charge in [0.05, 0.1) is 12.5 Å². The van der Waals surface area contributed by atoms with Gasteiger partial charge < -0.3 is 20.6 Å². The second-order valence-electron chi connectivity index (χ2n) is 3.79. The van der Waals surface area contributed by atoms with E-state index in [9.17, 15) is 10.2 Å². The summed E-state index contributed by atoms with van der Waals surface area (Å²) in [6, 6.07) is 4.97. The fourth-order valence-electron chi connectivity index (χ4n) is 1.48. The molecule has 4 N–H and O–H groups in total. The zero-order valence-electron chi connectivity index (χ0n) is 9.64. The van der Waals surface area contributed by atoms with Crippen LogP contribution in [0.2, 0.25) is 0 Å². The van der Waals surface area contributed by atoms with Gasteiger partial charge in [0.25, 0.3) is 0 Å². The molecule has 0 aliphatic carbocycles. The van der Waals surface area contributed by atoms with E-state index >= 15 is 0 Å². The van der Waals surface area contributed by atoms with Crippen molar-refractivity contribution in [3.63, 3.8) is 0 Å². The molecule has 0 spiro atoms. The minimum Gasteiger partial charge on any atom is -0.504 e. The second-order valence-corrected chi connectivity index (χ2v) is 3.79. The molecule has 0 saturated carbocycles. The van der Waals surface area contributed by atoms with Gasteiger partial charge in [0, 0.05) is 18.2 Å². The summed E-state index contributed by atoms with van der Waals surface area (Å²) in [6.45, 7) is 2.29. The van der Waals surface area contributed by atoms with Crippen LogP contribution in [-0.2, 0) is 6.54 Å². The highest BCUT2D eigenvalue weighted by molar-refractivity contribution is 5.52. The van der Waals surface area contributed by atoms with Crippen LogP contribution in [0, 0.1) is 11.3 Å². The Morgan fingerprint density at radius 1 is 1.29 bits per heavy atom. The van der Waals surface area contributed by atoms with Gasteiger partial charge >= 0.3 is 0 Å². The van der Waals surface area contributed by atoms with Crippen LogP contribution in [0.5, 0.6) is 17.2 Å². The van der Waals surface area contributed by atoms with E-state index in [4.69, 9.17) is 10.4 Å². The molecule has 0 aromatic heterocycles. The summed E-state index contributed by atoms with van der Waals surface area (Å²) in [5.74, 6) is -1.20. The minimum absolute atomic E-state index is 0.0512. The third-order valence-corrected chi connectivity index (χ3v) is 2.63. The zero-order valence-corrected chi connectivity index (χ0v) is 9.64. The number of nitrogens with one attached hydrogen (secondary N) is 1. The van der Waals surface area contributed by atoms with Crippen molar-refractivity contribution in [1.82, 2.24) is 5.32 Å². The Morgan fingerprint density at radius 3 is 2.59 bits per heavy atom. The second kappa shape index (κ2) is 5.97. The molecule has 5 nitrogen and oxygen atoms in total. The predicted octanol–water partition coefficient (Wildman–Crippen LogP) is 1.59. The predicted molar refractivity (Wildman–Crippen MR) is 62.6 cm³/mol. The molecule has 0 heterocycles. The van der Waals surface area contributed by atoms with Crippen molar-refractivity contribution in [2.24, 2.45) is 0 Å². The molecule has 1 aromatic carbocycles. The van der Waals surface area contributed by atoms with Crippen LogP contribution in [0.15, 0.2) is 12.1 Å². The van der Waals surface area contributed by atoms with Gasteiger partial charge in [-0.25, -0.2) is 0 Å². The molecule has 0 radical (unpaired) electrons. The summed E-state index contributed by atoms with van der Waals surface area (Å²) < 4.78 is 0. The van der Waals surface area contributed by atoms with Gasteiger partial charge in [-0.2, -0.15) is 5.26 Å². The largest absolute Gasteiger partial charge is 0.504 e. The molecule has 0 saturated heterocycles. The first-order chi connectivity index (χ1) is 8.10. The van der Waals surface area contributed by atoms with Crippen molar-refractivity contribution < 1.29 is 15.3 Å². The lowest BCUT2D eigenvalue weighted by Gasteiger charge is -2.14. The summed E-state index contributed by atoms with van der Waals surface area (Å²) in [4.78, 5) is 0. The summed E-state index contributed by atoms with van der Waals surface area (Å²) in [5, 5.41) is 39.8. The highest BCUT2D eigenvalue weighted by Crippen LogP contribution is 2.36. The van der Waals surface area contributed by atoms with Gasteiger partial charge in [-0.1, -0.05) is 13.0 Å². The van der Waals surface area contributed by atoms with E-state index in [1.807, 2.05) is 6.92 Å². The van der Waals surface area contributed by atoms with E-state index in [0.29, 0.717) is 18.5 Å². The topological polar surface area (TPSA) is 96.5 Å². The van der Waals surface area contributed by atoms with E-state index in [2.05, 4.69) is 11.4 Å². The van der Waals surface area contributed by atoms with E-state index in [-0.39, 0.29) is 17.5 Å². The molecule has 0 bridgehead atoms. The smallest absolute Gasteiger partial charge is 0.200 e. The Kier molecular flexibility index (Phi) is 4.61. The summed E-state index contributed by atoms with van der Waals surface area (Å²) >= 11 is 0. The van der Waals surface area contributed by atoms with E-state index in [1.165, 1.54) is 12.1 Å². The average Bonchev–Trinajstić information content (AvgIpc) is 2.33. The number of hydrogen-bond acceptors (Lipinski definition) is 5. The molecule has 1 rings (SSSR count). The highest BCUT2D eigenvalue weighted by Gasteiger charge is 2.12. The third kappa shape index (κ3) is 3.26. The molecule has 0 fully saturated rings. The quantitative estimate of drug-likeness (QED) is 0.582. The maximum absolute atomic E-state index is 9.58. The van der Waals surface area contributed by atoms with Crippen LogP contribution in [-0.4, -0.2) is 21.4 Å². The maximum atomic E-state index is 9.58. The van der Waals surface area contributed by atoms with Gasteiger partial charge in [-0.15, -0.1) is 0 Å². The molecule has 1 aromatic rings. The molecule has 17 heavy (non-hydrogen) atoms.